The Morgan fingerprint density at radius 1 is 1.24 bits per heavy atom. The van der Waals surface area contributed by atoms with Crippen LogP contribution in [0.1, 0.15) is 33.6 Å². The maximum absolute atomic E-state index is 12.1. The van der Waals surface area contributed by atoms with Crippen molar-refractivity contribution in [2.24, 2.45) is 0 Å². The molecule has 1 aromatic carbocycles. The number of ether oxygens (including phenoxy) is 2. The van der Waals surface area contributed by atoms with Gasteiger partial charge in [0, 0.05) is 10.9 Å². The third-order valence-corrected chi connectivity index (χ3v) is 4.24. The zero-order valence-corrected chi connectivity index (χ0v) is 14.3. The zero-order valence-electron chi connectivity index (χ0n) is 13.4. The summed E-state index contributed by atoms with van der Waals surface area (Å²) in [4.78, 5) is 13.1. The van der Waals surface area contributed by atoms with Crippen molar-refractivity contribution in [2.75, 3.05) is 14.2 Å². The van der Waals surface area contributed by atoms with Crippen LogP contribution >= 0.6 is 11.8 Å². The van der Waals surface area contributed by atoms with Gasteiger partial charge in [0.2, 0.25) is 5.91 Å². The van der Waals surface area contributed by atoms with Gasteiger partial charge in [0.25, 0.3) is 0 Å². The van der Waals surface area contributed by atoms with E-state index >= 15 is 0 Å². The number of carbonyl (C=O) groups excluding carboxylic acids is 1. The highest BCUT2D eigenvalue weighted by Crippen LogP contribution is 2.33. The van der Waals surface area contributed by atoms with Gasteiger partial charge in [-0.1, -0.05) is 13.3 Å². The van der Waals surface area contributed by atoms with E-state index in [0.29, 0.717) is 11.5 Å². The molecule has 5 heteroatoms. The van der Waals surface area contributed by atoms with Gasteiger partial charge >= 0.3 is 0 Å². The lowest BCUT2D eigenvalue weighted by molar-refractivity contribution is -0.120. The summed E-state index contributed by atoms with van der Waals surface area (Å²) in [6, 6.07) is 5.90. The van der Waals surface area contributed by atoms with Crippen molar-refractivity contribution in [1.29, 1.82) is 0 Å². The van der Waals surface area contributed by atoms with Gasteiger partial charge < -0.3 is 14.8 Å². The Hall–Kier alpha value is -1.36. The first kappa shape index (κ1) is 17.7. The van der Waals surface area contributed by atoms with Gasteiger partial charge in [-0.25, -0.2) is 0 Å². The minimum absolute atomic E-state index is 0.0655. The molecular formula is C16H25NO3S. The number of rotatable bonds is 8. The fourth-order valence-corrected chi connectivity index (χ4v) is 2.92. The summed E-state index contributed by atoms with van der Waals surface area (Å²) in [5.74, 6) is 1.43. The predicted molar refractivity (Wildman–Crippen MR) is 87.4 cm³/mol. The molecule has 0 aliphatic heterocycles. The van der Waals surface area contributed by atoms with E-state index in [1.165, 1.54) is 11.8 Å². The van der Waals surface area contributed by atoms with Crippen LogP contribution in [0.25, 0.3) is 0 Å². The Morgan fingerprint density at radius 3 is 2.48 bits per heavy atom. The number of benzene rings is 1. The molecule has 0 aliphatic carbocycles. The van der Waals surface area contributed by atoms with Crippen LogP contribution in [0.4, 0.5) is 0 Å². The minimum Gasteiger partial charge on any atom is -0.493 e. The van der Waals surface area contributed by atoms with Crippen LogP contribution in [0.2, 0.25) is 0 Å². The van der Waals surface area contributed by atoms with Crippen molar-refractivity contribution in [1.82, 2.24) is 5.32 Å². The lowest BCUT2D eigenvalue weighted by Gasteiger charge is -2.17. The first-order valence-corrected chi connectivity index (χ1v) is 8.08. The highest BCUT2D eigenvalue weighted by atomic mass is 32.2. The number of amides is 1. The first-order valence-electron chi connectivity index (χ1n) is 7.20. The molecule has 4 nitrogen and oxygen atoms in total. The average molecular weight is 311 g/mol. The molecule has 1 N–H and O–H groups in total. The predicted octanol–water partition coefficient (Wildman–Crippen LogP) is 3.49. The van der Waals surface area contributed by atoms with Gasteiger partial charge in [-0.05, 0) is 38.5 Å². The maximum atomic E-state index is 12.1. The molecule has 21 heavy (non-hydrogen) atoms. The summed E-state index contributed by atoms with van der Waals surface area (Å²) in [5.41, 5.74) is 0. The Balaban J connectivity index is 2.65. The summed E-state index contributed by atoms with van der Waals surface area (Å²) < 4.78 is 10.5. The van der Waals surface area contributed by atoms with Crippen molar-refractivity contribution in [3.8, 4) is 11.5 Å². The summed E-state index contributed by atoms with van der Waals surface area (Å²) >= 11 is 1.51. The highest BCUT2D eigenvalue weighted by molar-refractivity contribution is 8.00. The van der Waals surface area contributed by atoms with E-state index in [9.17, 15) is 4.79 Å². The molecule has 118 valence electrons. The van der Waals surface area contributed by atoms with Crippen LogP contribution < -0.4 is 14.8 Å². The molecule has 1 amide bonds. The summed E-state index contributed by atoms with van der Waals surface area (Å²) in [6.07, 6.45) is 2.07. The summed E-state index contributed by atoms with van der Waals surface area (Å²) in [7, 11) is 3.21. The second kappa shape index (κ2) is 8.82. The zero-order chi connectivity index (χ0) is 15.8. The second-order valence-corrected chi connectivity index (χ2v) is 6.39. The second-order valence-electron chi connectivity index (χ2n) is 4.98. The van der Waals surface area contributed by atoms with E-state index in [1.54, 1.807) is 14.2 Å². The SMILES string of the molecule is CCC[C@@H](C)NC(=O)[C@@H](C)Sc1ccc(OC)c(OC)c1. The van der Waals surface area contributed by atoms with E-state index in [4.69, 9.17) is 9.47 Å². The summed E-state index contributed by atoms with van der Waals surface area (Å²) in [6.45, 7) is 6.06. The molecule has 2 atom stereocenters. The molecule has 0 fully saturated rings. The topological polar surface area (TPSA) is 47.6 Å². The lowest BCUT2D eigenvalue weighted by atomic mass is 10.2. The van der Waals surface area contributed by atoms with Gasteiger partial charge in [0.1, 0.15) is 0 Å². The number of hydrogen-bond donors (Lipinski definition) is 1. The van der Waals surface area contributed by atoms with Crippen molar-refractivity contribution < 1.29 is 14.3 Å². The standard InChI is InChI=1S/C16H25NO3S/c1-6-7-11(2)17-16(18)12(3)21-13-8-9-14(19-4)15(10-13)20-5/h8-12H,6-7H2,1-5H3,(H,17,18)/t11-,12-/m1/s1. The molecule has 1 rings (SSSR count). The van der Waals surface area contributed by atoms with Gasteiger partial charge in [-0.2, -0.15) is 0 Å². The largest absolute Gasteiger partial charge is 0.493 e. The lowest BCUT2D eigenvalue weighted by Crippen LogP contribution is -2.37. The molecule has 0 aromatic heterocycles. The van der Waals surface area contributed by atoms with Crippen molar-refractivity contribution in [3.05, 3.63) is 18.2 Å². The fraction of sp³-hybridized carbons (Fsp3) is 0.562. The van der Waals surface area contributed by atoms with Gasteiger partial charge in [-0.15, -0.1) is 11.8 Å². The third kappa shape index (κ3) is 5.50. The molecule has 0 saturated heterocycles. The molecule has 1 aromatic rings. The fourth-order valence-electron chi connectivity index (χ4n) is 2.01. The Labute approximate surface area is 131 Å². The van der Waals surface area contributed by atoms with E-state index in [2.05, 4.69) is 12.2 Å². The smallest absolute Gasteiger partial charge is 0.233 e. The number of thioether (sulfide) groups is 1. The first-order chi connectivity index (χ1) is 10.0. The average Bonchev–Trinajstić information content (AvgIpc) is 2.47. The number of hydrogen-bond acceptors (Lipinski definition) is 4. The van der Waals surface area contributed by atoms with Crippen LogP contribution in [-0.4, -0.2) is 31.4 Å². The van der Waals surface area contributed by atoms with Gasteiger partial charge in [-0.3, -0.25) is 4.79 Å². The van der Waals surface area contributed by atoms with Crippen LogP contribution in [0, 0.1) is 0 Å². The highest BCUT2D eigenvalue weighted by Gasteiger charge is 2.17. The Morgan fingerprint density at radius 2 is 1.90 bits per heavy atom. The van der Waals surface area contributed by atoms with Gasteiger partial charge in [0.15, 0.2) is 11.5 Å². The third-order valence-electron chi connectivity index (χ3n) is 3.15. The molecule has 0 heterocycles. The molecule has 0 unspecified atom stereocenters. The van der Waals surface area contributed by atoms with Crippen molar-refractivity contribution in [3.63, 3.8) is 0 Å². The van der Waals surface area contributed by atoms with Crippen LogP contribution in [0.5, 0.6) is 11.5 Å². The van der Waals surface area contributed by atoms with Crippen molar-refractivity contribution >= 4 is 17.7 Å². The summed E-state index contributed by atoms with van der Waals surface area (Å²) in [5, 5.41) is 2.89. The quantitative estimate of drug-likeness (QED) is 0.747. The number of methoxy groups -OCH3 is 2. The maximum Gasteiger partial charge on any atom is 0.233 e. The van der Waals surface area contributed by atoms with Gasteiger partial charge in [0.05, 0.1) is 19.5 Å². The molecule has 0 saturated carbocycles. The molecule has 0 aliphatic rings. The van der Waals surface area contributed by atoms with Crippen LogP contribution in [-0.2, 0) is 4.79 Å². The van der Waals surface area contributed by atoms with E-state index in [0.717, 1.165) is 17.7 Å². The number of nitrogens with one attached hydrogen (secondary N) is 1. The molecule has 0 radical (unpaired) electrons. The van der Waals surface area contributed by atoms with Crippen molar-refractivity contribution in [2.45, 2.75) is 49.8 Å². The van der Waals surface area contributed by atoms with Crippen LogP contribution in [0.3, 0.4) is 0 Å². The van der Waals surface area contributed by atoms with E-state index in [1.807, 2.05) is 32.0 Å². The Bertz CT molecular complexity index is 465. The molecule has 0 bridgehead atoms. The van der Waals surface area contributed by atoms with E-state index < -0.39 is 0 Å². The number of carbonyl (C=O) groups is 1. The molecular weight excluding hydrogens is 286 g/mol. The molecule has 0 spiro atoms. The van der Waals surface area contributed by atoms with Crippen LogP contribution in [0.15, 0.2) is 23.1 Å². The Kier molecular flexibility index (Phi) is 7.43. The monoisotopic (exact) mass is 311 g/mol. The normalized spacial score (nSPS) is 13.4. The van der Waals surface area contributed by atoms with E-state index in [-0.39, 0.29) is 17.2 Å². The minimum atomic E-state index is -0.151.